The van der Waals surface area contributed by atoms with Gasteiger partial charge in [-0.25, -0.2) is 0 Å². The van der Waals surface area contributed by atoms with E-state index in [1.54, 1.807) is 12.4 Å². The van der Waals surface area contributed by atoms with Gasteiger partial charge in [0.25, 0.3) is 0 Å². The van der Waals surface area contributed by atoms with E-state index in [1.165, 1.54) is 0 Å². The molecule has 0 N–H and O–H groups in total. The third-order valence-corrected chi connectivity index (χ3v) is 3.55. The molecule has 0 atom stereocenters. The summed E-state index contributed by atoms with van der Waals surface area (Å²) in [6.07, 6.45) is 3.72. The van der Waals surface area contributed by atoms with Crippen molar-refractivity contribution in [3.8, 4) is 0 Å². The molecule has 3 nitrogen and oxygen atoms in total. The number of pyridine rings is 2. The molecule has 0 unspecified atom stereocenters. The Bertz CT molecular complexity index is 764. The van der Waals surface area contributed by atoms with Crippen LogP contribution in [0.1, 0.15) is 16.1 Å². The number of hydrogen-bond donors (Lipinski definition) is 0. The maximum absolute atomic E-state index is 12.4. The number of hydrogen-bond acceptors (Lipinski definition) is 3. The fourth-order valence-corrected chi connectivity index (χ4v) is 2.35. The Hall–Kier alpha value is -2.07. The van der Waals surface area contributed by atoms with Crippen molar-refractivity contribution in [2.75, 3.05) is 0 Å². The zero-order valence-electron chi connectivity index (χ0n) is 10.6. The highest BCUT2D eigenvalue weighted by Gasteiger charge is 2.11. The van der Waals surface area contributed by atoms with Crippen LogP contribution in [0, 0.1) is 0 Å². The Morgan fingerprint density at radius 3 is 2.75 bits per heavy atom. The topological polar surface area (TPSA) is 42.9 Å². The van der Waals surface area contributed by atoms with Crippen molar-refractivity contribution in [3.05, 3.63) is 70.6 Å². The van der Waals surface area contributed by atoms with Gasteiger partial charge in [0.05, 0.1) is 11.9 Å². The molecule has 0 spiro atoms. The van der Waals surface area contributed by atoms with Crippen LogP contribution < -0.4 is 0 Å². The Labute approximate surface area is 124 Å². The second-order valence-electron chi connectivity index (χ2n) is 4.44. The smallest absolute Gasteiger partial charge is 0.169 e. The van der Waals surface area contributed by atoms with Gasteiger partial charge in [-0.3, -0.25) is 14.8 Å². The van der Waals surface area contributed by atoms with E-state index >= 15 is 0 Å². The summed E-state index contributed by atoms with van der Waals surface area (Å²) < 4.78 is 0.906. The molecule has 20 heavy (non-hydrogen) atoms. The average Bonchev–Trinajstić information content (AvgIpc) is 2.49. The second kappa shape index (κ2) is 5.51. The number of fused-ring (bicyclic) bond motifs is 1. The molecule has 3 rings (SSSR count). The number of Topliss-reactive ketones (excluding diaryl/α,β-unsaturated/α-hetero) is 1. The van der Waals surface area contributed by atoms with Crippen LogP contribution in [0.2, 0.25) is 0 Å². The predicted octanol–water partition coefficient (Wildman–Crippen LogP) is 3.82. The summed E-state index contributed by atoms with van der Waals surface area (Å²) >= 11 is 3.33. The maximum Gasteiger partial charge on any atom is 0.169 e. The van der Waals surface area contributed by atoms with Crippen molar-refractivity contribution >= 4 is 32.6 Å². The van der Waals surface area contributed by atoms with Crippen LogP contribution in [0.15, 0.2) is 59.3 Å². The molecule has 0 amide bonds. The number of carbonyl (C=O) groups is 1. The van der Waals surface area contributed by atoms with E-state index < -0.39 is 0 Å². The van der Waals surface area contributed by atoms with Gasteiger partial charge in [0, 0.05) is 33.5 Å². The summed E-state index contributed by atoms with van der Waals surface area (Å²) in [6.45, 7) is 0. The minimum atomic E-state index is 0.0541. The maximum atomic E-state index is 12.4. The lowest BCUT2D eigenvalue weighted by atomic mass is 10.0. The van der Waals surface area contributed by atoms with Crippen LogP contribution in [0.25, 0.3) is 10.9 Å². The molecule has 98 valence electrons. The average molecular weight is 327 g/mol. The summed E-state index contributed by atoms with van der Waals surface area (Å²) in [5.74, 6) is 0.0541. The number of ketones is 1. The number of rotatable bonds is 3. The Morgan fingerprint density at radius 1 is 1.05 bits per heavy atom. The Kier molecular flexibility index (Phi) is 3.56. The molecule has 3 aromatic rings. The second-order valence-corrected chi connectivity index (χ2v) is 5.36. The van der Waals surface area contributed by atoms with Gasteiger partial charge in [0.15, 0.2) is 5.78 Å². The summed E-state index contributed by atoms with van der Waals surface area (Å²) in [5, 5.41) is 0.886. The SMILES string of the molecule is O=C(Cc1ccc(Br)cn1)c1cccc2ncccc12. The van der Waals surface area contributed by atoms with Gasteiger partial charge in [-0.05, 0) is 40.2 Å². The summed E-state index contributed by atoms with van der Waals surface area (Å²) in [5.41, 5.74) is 2.29. The van der Waals surface area contributed by atoms with Crippen LogP contribution in [0.3, 0.4) is 0 Å². The first-order valence-corrected chi connectivity index (χ1v) is 7.01. The van der Waals surface area contributed by atoms with Crippen molar-refractivity contribution in [2.45, 2.75) is 6.42 Å². The van der Waals surface area contributed by atoms with Gasteiger partial charge in [0.2, 0.25) is 0 Å². The molecule has 0 saturated carbocycles. The molecule has 0 aliphatic heterocycles. The van der Waals surface area contributed by atoms with E-state index in [1.807, 2.05) is 42.5 Å². The first-order valence-electron chi connectivity index (χ1n) is 6.21. The molecule has 1 aromatic carbocycles. The van der Waals surface area contributed by atoms with Crippen molar-refractivity contribution < 1.29 is 4.79 Å². The molecule has 4 heteroatoms. The number of carbonyl (C=O) groups excluding carboxylic acids is 1. The number of benzene rings is 1. The normalized spacial score (nSPS) is 10.7. The largest absolute Gasteiger partial charge is 0.294 e. The molecule has 0 fully saturated rings. The number of halogens is 1. The third-order valence-electron chi connectivity index (χ3n) is 3.08. The van der Waals surface area contributed by atoms with Crippen LogP contribution >= 0.6 is 15.9 Å². The highest BCUT2D eigenvalue weighted by molar-refractivity contribution is 9.10. The molecule has 2 heterocycles. The standard InChI is InChI=1S/C16H11BrN2O/c17-11-6-7-12(19-10-11)9-16(20)14-3-1-5-15-13(14)4-2-8-18-15/h1-8,10H,9H2. The number of aromatic nitrogens is 2. The van der Waals surface area contributed by atoms with E-state index in [2.05, 4.69) is 25.9 Å². The van der Waals surface area contributed by atoms with Gasteiger partial charge in [-0.1, -0.05) is 18.2 Å². The van der Waals surface area contributed by atoms with E-state index in [0.29, 0.717) is 12.0 Å². The van der Waals surface area contributed by atoms with E-state index in [9.17, 15) is 4.79 Å². The minimum Gasteiger partial charge on any atom is -0.294 e. The van der Waals surface area contributed by atoms with E-state index in [0.717, 1.165) is 21.1 Å². The fourth-order valence-electron chi connectivity index (χ4n) is 2.12. The summed E-state index contributed by atoms with van der Waals surface area (Å²) in [7, 11) is 0. The summed E-state index contributed by atoms with van der Waals surface area (Å²) in [6, 6.07) is 13.1. The van der Waals surface area contributed by atoms with Gasteiger partial charge >= 0.3 is 0 Å². The Morgan fingerprint density at radius 2 is 1.95 bits per heavy atom. The lowest BCUT2D eigenvalue weighted by Gasteiger charge is -2.05. The van der Waals surface area contributed by atoms with Crippen LogP contribution in [0.4, 0.5) is 0 Å². The predicted molar refractivity (Wildman–Crippen MR) is 81.7 cm³/mol. The third kappa shape index (κ3) is 2.60. The van der Waals surface area contributed by atoms with E-state index in [-0.39, 0.29) is 5.78 Å². The lowest BCUT2D eigenvalue weighted by Crippen LogP contribution is -2.05. The molecule has 0 bridgehead atoms. The molecule has 0 radical (unpaired) electrons. The van der Waals surface area contributed by atoms with Crippen molar-refractivity contribution in [2.24, 2.45) is 0 Å². The zero-order chi connectivity index (χ0) is 13.9. The first-order chi connectivity index (χ1) is 9.74. The Balaban J connectivity index is 1.94. The van der Waals surface area contributed by atoms with Crippen LogP contribution in [-0.4, -0.2) is 15.8 Å². The van der Waals surface area contributed by atoms with Gasteiger partial charge < -0.3 is 0 Å². The zero-order valence-corrected chi connectivity index (χ0v) is 12.2. The summed E-state index contributed by atoms with van der Waals surface area (Å²) in [4.78, 5) is 20.9. The van der Waals surface area contributed by atoms with Gasteiger partial charge in [-0.2, -0.15) is 0 Å². The van der Waals surface area contributed by atoms with Gasteiger partial charge in [0.1, 0.15) is 0 Å². The van der Waals surface area contributed by atoms with Crippen molar-refractivity contribution in [1.82, 2.24) is 9.97 Å². The fraction of sp³-hybridized carbons (Fsp3) is 0.0625. The van der Waals surface area contributed by atoms with Crippen molar-refractivity contribution in [3.63, 3.8) is 0 Å². The molecular weight excluding hydrogens is 316 g/mol. The molecule has 0 saturated heterocycles. The van der Waals surface area contributed by atoms with E-state index in [4.69, 9.17) is 0 Å². The number of nitrogens with zero attached hydrogens (tertiary/aromatic N) is 2. The van der Waals surface area contributed by atoms with Crippen molar-refractivity contribution in [1.29, 1.82) is 0 Å². The molecule has 2 aromatic heterocycles. The minimum absolute atomic E-state index is 0.0541. The molecule has 0 aliphatic carbocycles. The molecular formula is C16H11BrN2O. The highest BCUT2D eigenvalue weighted by Crippen LogP contribution is 2.18. The lowest BCUT2D eigenvalue weighted by molar-refractivity contribution is 0.0993. The van der Waals surface area contributed by atoms with Gasteiger partial charge in [-0.15, -0.1) is 0 Å². The first kappa shape index (κ1) is 12.9. The van der Waals surface area contributed by atoms with Crippen LogP contribution in [0.5, 0.6) is 0 Å². The monoisotopic (exact) mass is 326 g/mol. The van der Waals surface area contributed by atoms with Crippen LogP contribution in [-0.2, 0) is 6.42 Å². The quantitative estimate of drug-likeness (QED) is 0.687. The highest BCUT2D eigenvalue weighted by atomic mass is 79.9. The molecule has 0 aliphatic rings.